The van der Waals surface area contributed by atoms with Crippen molar-refractivity contribution in [2.75, 3.05) is 20.3 Å². The number of ether oxygens (including phenoxy) is 2. The van der Waals surface area contributed by atoms with Gasteiger partial charge in [-0.2, -0.15) is 0 Å². The molecule has 0 heterocycles. The number of nitrogens with one attached hydrogen (secondary N) is 1. The summed E-state index contributed by atoms with van der Waals surface area (Å²) in [5.41, 5.74) is 1.90. The number of aliphatic hydroxyl groups excluding tert-OH is 1. The first-order valence-electron chi connectivity index (χ1n) is 8.08. The fraction of sp³-hybridized carbons (Fsp3) is 0.368. The van der Waals surface area contributed by atoms with Gasteiger partial charge in [0.25, 0.3) is 0 Å². The third-order valence-electron chi connectivity index (χ3n) is 3.60. The minimum absolute atomic E-state index is 0.464. The van der Waals surface area contributed by atoms with Crippen molar-refractivity contribution < 1.29 is 14.6 Å². The third kappa shape index (κ3) is 5.23. The minimum Gasteiger partial charge on any atom is -0.493 e. The summed E-state index contributed by atoms with van der Waals surface area (Å²) in [6.07, 6.45) is 0.388. The lowest BCUT2D eigenvalue weighted by atomic mass is 10.1. The van der Waals surface area contributed by atoms with Gasteiger partial charge < -0.3 is 19.9 Å². The molecule has 0 radical (unpaired) electrons. The van der Waals surface area contributed by atoms with Crippen molar-refractivity contribution in [3.05, 3.63) is 58.1 Å². The van der Waals surface area contributed by atoms with E-state index in [2.05, 4.69) is 28.2 Å². The Labute approximate surface area is 151 Å². The SMILES string of the molecule is CCCOc1c(CNC[C@H](O)c2ccccc2)cc(Br)cc1OC. The van der Waals surface area contributed by atoms with Crippen LogP contribution in [-0.2, 0) is 6.54 Å². The zero-order valence-corrected chi connectivity index (χ0v) is 15.7. The molecule has 0 saturated carbocycles. The van der Waals surface area contributed by atoms with Gasteiger partial charge in [-0.1, -0.05) is 53.2 Å². The minimum atomic E-state index is -0.541. The van der Waals surface area contributed by atoms with Crippen molar-refractivity contribution in [2.24, 2.45) is 0 Å². The summed E-state index contributed by atoms with van der Waals surface area (Å²) < 4.78 is 12.2. The average Bonchev–Trinajstić information content (AvgIpc) is 2.61. The van der Waals surface area contributed by atoms with Crippen LogP contribution < -0.4 is 14.8 Å². The second-order valence-corrected chi connectivity index (χ2v) is 6.42. The number of rotatable bonds is 9. The molecule has 0 saturated heterocycles. The van der Waals surface area contributed by atoms with Crippen LogP contribution in [0.3, 0.4) is 0 Å². The van der Waals surface area contributed by atoms with Gasteiger partial charge in [-0.3, -0.25) is 0 Å². The Morgan fingerprint density at radius 1 is 1.21 bits per heavy atom. The maximum Gasteiger partial charge on any atom is 0.165 e. The summed E-state index contributed by atoms with van der Waals surface area (Å²) in [6, 6.07) is 13.5. The van der Waals surface area contributed by atoms with E-state index in [4.69, 9.17) is 9.47 Å². The van der Waals surface area contributed by atoms with E-state index in [1.807, 2.05) is 42.5 Å². The molecule has 0 amide bonds. The zero-order valence-electron chi connectivity index (χ0n) is 14.1. The molecule has 0 aromatic heterocycles. The Balaban J connectivity index is 2.04. The van der Waals surface area contributed by atoms with Gasteiger partial charge in [0.1, 0.15) is 0 Å². The van der Waals surface area contributed by atoms with Gasteiger partial charge >= 0.3 is 0 Å². The first-order chi connectivity index (χ1) is 11.7. The third-order valence-corrected chi connectivity index (χ3v) is 4.06. The van der Waals surface area contributed by atoms with E-state index in [1.54, 1.807) is 7.11 Å². The second-order valence-electron chi connectivity index (χ2n) is 5.50. The summed E-state index contributed by atoms with van der Waals surface area (Å²) in [5.74, 6) is 1.46. The van der Waals surface area contributed by atoms with Crippen molar-refractivity contribution in [1.29, 1.82) is 0 Å². The van der Waals surface area contributed by atoms with Gasteiger partial charge in [-0.05, 0) is 24.1 Å². The molecule has 2 N–H and O–H groups in total. The second kappa shape index (κ2) is 9.67. The van der Waals surface area contributed by atoms with Gasteiger partial charge in [0, 0.05) is 23.1 Å². The number of aliphatic hydroxyl groups is 1. The molecule has 0 fully saturated rings. The van der Waals surface area contributed by atoms with Gasteiger partial charge in [-0.25, -0.2) is 0 Å². The summed E-state index contributed by atoms with van der Waals surface area (Å²) in [5, 5.41) is 13.5. The fourth-order valence-electron chi connectivity index (χ4n) is 2.41. The molecule has 0 bridgehead atoms. The number of hydrogen-bond donors (Lipinski definition) is 2. The molecular formula is C19H24BrNO3. The maximum atomic E-state index is 10.2. The normalized spacial score (nSPS) is 12.0. The van der Waals surface area contributed by atoms with Crippen molar-refractivity contribution >= 4 is 15.9 Å². The Bertz CT molecular complexity index is 634. The van der Waals surface area contributed by atoms with E-state index >= 15 is 0 Å². The van der Waals surface area contributed by atoms with Gasteiger partial charge in [0.05, 0.1) is 19.8 Å². The molecule has 2 aromatic carbocycles. The molecule has 0 aliphatic rings. The van der Waals surface area contributed by atoms with Crippen LogP contribution in [0.2, 0.25) is 0 Å². The lowest BCUT2D eigenvalue weighted by Crippen LogP contribution is -2.21. The first-order valence-corrected chi connectivity index (χ1v) is 8.88. The van der Waals surface area contributed by atoms with E-state index < -0.39 is 6.10 Å². The molecule has 2 aromatic rings. The van der Waals surface area contributed by atoms with Crippen molar-refractivity contribution in [1.82, 2.24) is 5.32 Å². The monoisotopic (exact) mass is 393 g/mol. The fourth-order valence-corrected chi connectivity index (χ4v) is 2.89. The quantitative estimate of drug-likeness (QED) is 0.673. The largest absolute Gasteiger partial charge is 0.493 e. The molecule has 5 heteroatoms. The molecular weight excluding hydrogens is 370 g/mol. The molecule has 0 aliphatic heterocycles. The standard InChI is InChI=1S/C19H24BrNO3/c1-3-9-24-19-15(10-16(20)11-18(19)23-2)12-21-13-17(22)14-7-5-4-6-8-14/h4-8,10-11,17,21-22H,3,9,12-13H2,1-2H3/t17-/m0/s1. The number of methoxy groups -OCH3 is 1. The predicted molar refractivity (Wildman–Crippen MR) is 99.6 cm³/mol. The summed E-state index contributed by atoms with van der Waals surface area (Å²) in [4.78, 5) is 0. The predicted octanol–water partition coefficient (Wildman–Crippen LogP) is 4.07. The van der Waals surface area contributed by atoms with Crippen LogP contribution in [0.4, 0.5) is 0 Å². The molecule has 24 heavy (non-hydrogen) atoms. The highest BCUT2D eigenvalue weighted by Gasteiger charge is 2.13. The van der Waals surface area contributed by atoms with Crippen LogP contribution in [0.25, 0.3) is 0 Å². The molecule has 4 nitrogen and oxygen atoms in total. The molecule has 1 atom stereocenters. The Morgan fingerprint density at radius 2 is 1.96 bits per heavy atom. The topological polar surface area (TPSA) is 50.7 Å². The lowest BCUT2D eigenvalue weighted by molar-refractivity contribution is 0.174. The van der Waals surface area contributed by atoms with E-state index in [1.165, 1.54) is 0 Å². The van der Waals surface area contributed by atoms with Crippen molar-refractivity contribution in [3.63, 3.8) is 0 Å². The maximum absolute atomic E-state index is 10.2. The highest BCUT2D eigenvalue weighted by Crippen LogP contribution is 2.35. The smallest absolute Gasteiger partial charge is 0.165 e. The number of benzene rings is 2. The van der Waals surface area contributed by atoms with Crippen LogP contribution in [0.5, 0.6) is 11.5 Å². The highest BCUT2D eigenvalue weighted by molar-refractivity contribution is 9.10. The number of hydrogen-bond acceptors (Lipinski definition) is 4. The highest BCUT2D eigenvalue weighted by atomic mass is 79.9. The van der Waals surface area contributed by atoms with E-state index in [0.717, 1.165) is 27.8 Å². The van der Waals surface area contributed by atoms with E-state index in [-0.39, 0.29) is 0 Å². The Hall–Kier alpha value is -1.56. The van der Waals surface area contributed by atoms with Crippen LogP contribution in [0.1, 0.15) is 30.6 Å². The van der Waals surface area contributed by atoms with E-state index in [0.29, 0.717) is 25.4 Å². The zero-order chi connectivity index (χ0) is 17.4. The molecule has 0 aliphatic carbocycles. The van der Waals surface area contributed by atoms with Crippen LogP contribution >= 0.6 is 15.9 Å². The van der Waals surface area contributed by atoms with E-state index in [9.17, 15) is 5.11 Å². The molecule has 130 valence electrons. The van der Waals surface area contributed by atoms with Gasteiger partial charge in [-0.15, -0.1) is 0 Å². The van der Waals surface area contributed by atoms with Gasteiger partial charge in [0.15, 0.2) is 11.5 Å². The van der Waals surface area contributed by atoms with Crippen LogP contribution in [0, 0.1) is 0 Å². The molecule has 0 unspecified atom stereocenters. The molecule has 0 spiro atoms. The molecule has 2 rings (SSSR count). The van der Waals surface area contributed by atoms with Crippen LogP contribution in [0.15, 0.2) is 46.9 Å². The van der Waals surface area contributed by atoms with Crippen LogP contribution in [-0.4, -0.2) is 25.4 Å². The van der Waals surface area contributed by atoms with Crippen molar-refractivity contribution in [2.45, 2.75) is 26.0 Å². The Kier molecular flexibility index (Phi) is 7.56. The Morgan fingerprint density at radius 3 is 2.62 bits per heavy atom. The number of halogens is 1. The summed E-state index contributed by atoms with van der Waals surface area (Å²) in [6.45, 7) is 3.75. The summed E-state index contributed by atoms with van der Waals surface area (Å²) in [7, 11) is 1.64. The van der Waals surface area contributed by atoms with Crippen molar-refractivity contribution in [3.8, 4) is 11.5 Å². The summed E-state index contributed by atoms with van der Waals surface area (Å²) >= 11 is 3.50. The van der Waals surface area contributed by atoms with Gasteiger partial charge in [0.2, 0.25) is 0 Å². The average molecular weight is 394 g/mol. The first kappa shape index (κ1) is 18.8. The lowest BCUT2D eigenvalue weighted by Gasteiger charge is -2.17.